The number of nitrogens with zero attached hydrogens (tertiary/aromatic N) is 2. The summed E-state index contributed by atoms with van der Waals surface area (Å²) in [5.74, 6) is 0.642. The molecule has 1 atom stereocenters. The molecule has 0 saturated carbocycles. The van der Waals surface area contributed by atoms with E-state index in [9.17, 15) is 9.59 Å². The summed E-state index contributed by atoms with van der Waals surface area (Å²) >= 11 is 7.65. The minimum Gasteiger partial charge on any atom is -0.497 e. The number of halogens is 1. The van der Waals surface area contributed by atoms with Crippen molar-refractivity contribution in [1.82, 2.24) is 4.57 Å². The van der Waals surface area contributed by atoms with Crippen molar-refractivity contribution in [2.75, 3.05) is 20.3 Å². The Morgan fingerprint density at radius 2 is 1.85 bits per heavy atom. The number of benzene rings is 3. The highest BCUT2D eigenvalue weighted by molar-refractivity contribution is 7.07. The third-order valence-electron chi connectivity index (χ3n) is 6.34. The van der Waals surface area contributed by atoms with Gasteiger partial charge in [0.25, 0.3) is 5.56 Å². The molecular formula is C31H27ClN2O5S. The smallest absolute Gasteiger partial charge is 0.338 e. The van der Waals surface area contributed by atoms with E-state index in [0.717, 1.165) is 11.1 Å². The van der Waals surface area contributed by atoms with Gasteiger partial charge in [0.15, 0.2) is 4.80 Å². The number of thiazole rings is 1. The number of hydrogen-bond acceptors (Lipinski definition) is 7. The van der Waals surface area contributed by atoms with Gasteiger partial charge in [-0.1, -0.05) is 71.5 Å². The van der Waals surface area contributed by atoms with Crippen molar-refractivity contribution in [2.45, 2.75) is 19.9 Å². The van der Waals surface area contributed by atoms with Crippen molar-refractivity contribution in [3.63, 3.8) is 0 Å². The van der Waals surface area contributed by atoms with Gasteiger partial charge in [-0.3, -0.25) is 9.36 Å². The molecule has 0 saturated heterocycles. The van der Waals surface area contributed by atoms with E-state index in [1.807, 2.05) is 67.6 Å². The van der Waals surface area contributed by atoms with Crippen LogP contribution in [0.15, 0.2) is 88.2 Å². The zero-order valence-corrected chi connectivity index (χ0v) is 23.8. The van der Waals surface area contributed by atoms with Gasteiger partial charge in [-0.2, -0.15) is 0 Å². The lowest BCUT2D eigenvalue weighted by atomic mass is 9.93. The molecule has 0 bridgehead atoms. The van der Waals surface area contributed by atoms with Crippen LogP contribution in [0.25, 0.3) is 11.8 Å². The highest BCUT2D eigenvalue weighted by Gasteiger charge is 2.35. The van der Waals surface area contributed by atoms with Crippen LogP contribution in [-0.4, -0.2) is 30.9 Å². The number of esters is 1. The Labute approximate surface area is 240 Å². The van der Waals surface area contributed by atoms with Crippen LogP contribution in [-0.2, 0) is 9.53 Å². The number of fused-ring (bicyclic) bond motifs is 1. The van der Waals surface area contributed by atoms with E-state index < -0.39 is 12.0 Å². The first kappa shape index (κ1) is 27.4. The SMILES string of the molecule is CCOC(=O)C1=C(c2ccccc2)N=c2s/c(=C\c3ccc(OCC)c(Cl)c3)c(=O)n2[C@@H]1c1cccc(OC)c1. The minimum atomic E-state index is -0.785. The van der Waals surface area contributed by atoms with Crippen LogP contribution < -0.4 is 24.4 Å². The highest BCUT2D eigenvalue weighted by Crippen LogP contribution is 2.36. The first-order valence-corrected chi connectivity index (χ1v) is 14.0. The lowest BCUT2D eigenvalue weighted by Crippen LogP contribution is -2.40. The molecule has 4 aromatic rings. The third kappa shape index (κ3) is 5.33. The first-order valence-electron chi connectivity index (χ1n) is 12.8. The van der Waals surface area contributed by atoms with Gasteiger partial charge in [-0.15, -0.1) is 0 Å². The van der Waals surface area contributed by atoms with Gasteiger partial charge >= 0.3 is 5.97 Å². The van der Waals surface area contributed by atoms with Crippen molar-refractivity contribution < 1.29 is 19.0 Å². The molecule has 1 aliphatic rings. The second-order valence-electron chi connectivity index (χ2n) is 8.83. The molecule has 0 N–H and O–H groups in total. The standard InChI is InChI=1S/C31H27ClN2O5S/c1-4-38-24-15-14-19(16-23(24)32)17-25-29(35)34-28(21-12-9-13-22(18-21)37-3)26(30(36)39-5-2)27(33-31(34)40-25)20-10-7-6-8-11-20/h6-18,28H,4-5H2,1-3H3/b25-17-/t28-/m1/s1. The third-order valence-corrected chi connectivity index (χ3v) is 7.62. The Morgan fingerprint density at radius 3 is 2.55 bits per heavy atom. The summed E-state index contributed by atoms with van der Waals surface area (Å²) in [5, 5.41) is 0.452. The number of carbonyl (C=O) groups excluding carboxylic acids is 1. The maximum atomic E-state index is 14.0. The Morgan fingerprint density at radius 1 is 1.05 bits per heavy atom. The molecule has 40 heavy (non-hydrogen) atoms. The van der Waals surface area contributed by atoms with Crippen LogP contribution >= 0.6 is 22.9 Å². The number of hydrogen-bond donors (Lipinski definition) is 0. The molecule has 0 amide bonds. The molecule has 0 aliphatic carbocycles. The first-order chi connectivity index (χ1) is 19.4. The molecule has 204 valence electrons. The average molecular weight is 575 g/mol. The van der Waals surface area contributed by atoms with E-state index in [1.54, 1.807) is 36.8 Å². The molecule has 1 aromatic heterocycles. The van der Waals surface area contributed by atoms with Gasteiger partial charge in [0.2, 0.25) is 0 Å². The molecule has 0 fully saturated rings. The molecule has 3 aromatic carbocycles. The number of ether oxygens (including phenoxy) is 3. The summed E-state index contributed by atoms with van der Waals surface area (Å²) in [6, 6.07) is 21.3. The number of carbonyl (C=O) groups is 1. The molecule has 0 unspecified atom stereocenters. The fourth-order valence-corrected chi connectivity index (χ4v) is 5.84. The van der Waals surface area contributed by atoms with Crippen LogP contribution in [0.2, 0.25) is 5.02 Å². The normalized spacial score (nSPS) is 14.9. The van der Waals surface area contributed by atoms with E-state index in [1.165, 1.54) is 11.3 Å². The number of methoxy groups -OCH3 is 1. The summed E-state index contributed by atoms with van der Waals surface area (Å²) in [5.41, 5.74) is 2.64. The second kappa shape index (κ2) is 11.9. The van der Waals surface area contributed by atoms with Crippen LogP contribution in [0.3, 0.4) is 0 Å². The molecule has 5 rings (SSSR count). The van der Waals surface area contributed by atoms with Crippen LogP contribution in [0.1, 0.15) is 36.6 Å². The van der Waals surface area contributed by atoms with Crippen LogP contribution in [0.5, 0.6) is 11.5 Å². The molecule has 9 heteroatoms. The van der Waals surface area contributed by atoms with Crippen molar-refractivity contribution in [3.8, 4) is 11.5 Å². The lowest BCUT2D eigenvalue weighted by molar-refractivity contribution is -0.138. The second-order valence-corrected chi connectivity index (χ2v) is 10.2. The summed E-state index contributed by atoms with van der Waals surface area (Å²) in [4.78, 5) is 32.9. The van der Waals surface area contributed by atoms with E-state index in [2.05, 4.69) is 0 Å². The Bertz CT molecular complexity index is 1780. The van der Waals surface area contributed by atoms with Gasteiger partial charge in [0, 0.05) is 5.56 Å². The van der Waals surface area contributed by atoms with Gasteiger partial charge in [0.05, 0.1) is 47.2 Å². The van der Waals surface area contributed by atoms with Gasteiger partial charge in [0.1, 0.15) is 11.5 Å². The highest BCUT2D eigenvalue weighted by atomic mass is 35.5. The Kier molecular flexibility index (Phi) is 8.19. The Hall–Kier alpha value is -4.14. The topological polar surface area (TPSA) is 79.1 Å². The van der Waals surface area contributed by atoms with E-state index in [-0.39, 0.29) is 17.7 Å². The van der Waals surface area contributed by atoms with Crippen LogP contribution in [0.4, 0.5) is 0 Å². The summed E-state index contributed by atoms with van der Waals surface area (Å²) < 4.78 is 18.5. The largest absolute Gasteiger partial charge is 0.497 e. The molecule has 7 nitrogen and oxygen atoms in total. The van der Waals surface area contributed by atoms with Crippen molar-refractivity contribution in [2.24, 2.45) is 4.99 Å². The summed E-state index contributed by atoms with van der Waals surface area (Å²) in [7, 11) is 1.57. The van der Waals surface area contributed by atoms with Gasteiger partial charge in [-0.05, 0) is 55.3 Å². The molecule has 1 aliphatic heterocycles. The van der Waals surface area contributed by atoms with Gasteiger partial charge < -0.3 is 14.2 Å². The van der Waals surface area contributed by atoms with E-state index in [0.29, 0.717) is 43.7 Å². The van der Waals surface area contributed by atoms with Crippen molar-refractivity contribution in [1.29, 1.82) is 0 Å². The average Bonchev–Trinajstić information content (AvgIpc) is 3.28. The summed E-state index contributed by atoms with van der Waals surface area (Å²) in [6.07, 6.45) is 1.77. The zero-order chi connectivity index (χ0) is 28.2. The predicted octanol–water partition coefficient (Wildman–Crippen LogP) is 5.00. The molecule has 2 heterocycles. The molecule has 0 spiro atoms. The Balaban J connectivity index is 1.79. The quantitative estimate of drug-likeness (QED) is 0.277. The van der Waals surface area contributed by atoms with Gasteiger partial charge in [-0.25, -0.2) is 9.79 Å². The van der Waals surface area contributed by atoms with Crippen molar-refractivity contribution >= 4 is 40.7 Å². The monoisotopic (exact) mass is 574 g/mol. The maximum absolute atomic E-state index is 14.0. The van der Waals surface area contributed by atoms with Crippen LogP contribution in [0, 0.1) is 0 Å². The lowest BCUT2D eigenvalue weighted by Gasteiger charge is -2.26. The van der Waals surface area contributed by atoms with E-state index >= 15 is 0 Å². The molecule has 0 radical (unpaired) electrons. The predicted molar refractivity (Wildman–Crippen MR) is 157 cm³/mol. The minimum absolute atomic E-state index is 0.179. The fourth-order valence-electron chi connectivity index (χ4n) is 4.60. The van der Waals surface area contributed by atoms with Crippen molar-refractivity contribution in [3.05, 3.63) is 120 Å². The fraction of sp³-hybridized carbons (Fsp3) is 0.194. The maximum Gasteiger partial charge on any atom is 0.338 e. The number of aromatic nitrogens is 1. The number of rotatable bonds is 8. The zero-order valence-electron chi connectivity index (χ0n) is 22.2. The summed E-state index contributed by atoms with van der Waals surface area (Å²) in [6.45, 7) is 4.31. The molecular weight excluding hydrogens is 548 g/mol. The van der Waals surface area contributed by atoms with E-state index in [4.69, 9.17) is 30.8 Å².